The first-order valence-corrected chi connectivity index (χ1v) is 7.93. The van der Waals surface area contributed by atoms with Crippen LogP contribution in [0, 0.1) is 0 Å². The van der Waals surface area contributed by atoms with E-state index >= 15 is 0 Å². The zero-order valence-electron chi connectivity index (χ0n) is 13.6. The van der Waals surface area contributed by atoms with Crippen LogP contribution in [0.4, 0.5) is 0 Å². The Bertz CT molecular complexity index is 699. The Balaban J connectivity index is 1.83. The maximum Gasteiger partial charge on any atom is 0.120 e. The molecule has 0 saturated carbocycles. The van der Waals surface area contributed by atoms with Crippen molar-refractivity contribution >= 4 is 11.3 Å². The van der Waals surface area contributed by atoms with E-state index in [1.807, 2.05) is 19.2 Å². The molecule has 1 N–H and O–H groups in total. The lowest BCUT2D eigenvalue weighted by molar-refractivity contribution is 0.214. The van der Waals surface area contributed by atoms with Gasteiger partial charge in [0.25, 0.3) is 0 Å². The van der Waals surface area contributed by atoms with Crippen LogP contribution in [-0.4, -0.2) is 33.0 Å². The van der Waals surface area contributed by atoms with E-state index in [1.54, 1.807) is 7.11 Å². The molecule has 3 rings (SSSR count). The monoisotopic (exact) mass is 310 g/mol. The zero-order valence-corrected chi connectivity index (χ0v) is 13.6. The van der Waals surface area contributed by atoms with E-state index in [0.29, 0.717) is 6.61 Å². The predicted octanol–water partition coefficient (Wildman–Crippen LogP) is 3.31. The van der Waals surface area contributed by atoms with Crippen LogP contribution in [0.25, 0.3) is 5.57 Å². The summed E-state index contributed by atoms with van der Waals surface area (Å²) in [6, 6.07) is 6.20. The van der Waals surface area contributed by atoms with Gasteiger partial charge in [-0.2, -0.15) is 0 Å². The summed E-state index contributed by atoms with van der Waals surface area (Å²) in [6.45, 7) is 1.41. The summed E-state index contributed by atoms with van der Waals surface area (Å²) in [5.74, 6) is 0.852. The smallest absolute Gasteiger partial charge is 0.120 e. The molecule has 4 nitrogen and oxygen atoms in total. The van der Waals surface area contributed by atoms with Crippen LogP contribution < -0.4 is 10.1 Å². The first kappa shape index (κ1) is 15.6. The van der Waals surface area contributed by atoms with E-state index in [9.17, 15) is 0 Å². The molecule has 0 saturated heterocycles. The van der Waals surface area contributed by atoms with Crippen LogP contribution >= 0.6 is 0 Å². The standard InChI is InChI=1S/C19H22N2O2/c1-20-11-5-6-12-23-14-9-10-16-15-7-3-4-8-17(15)19(21-22-2)18(16)13-14/h3,5-7,9-10,13,20H,4,8,11-12H2,1-2H3/b6-5+,21-19+. The molecule has 0 unspecified atom stereocenters. The van der Waals surface area contributed by atoms with Crippen molar-refractivity contribution in [3.05, 3.63) is 59.2 Å². The van der Waals surface area contributed by atoms with Crippen molar-refractivity contribution in [2.45, 2.75) is 12.8 Å². The fourth-order valence-electron chi connectivity index (χ4n) is 2.98. The molecule has 0 fully saturated rings. The van der Waals surface area contributed by atoms with Gasteiger partial charge in [0.1, 0.15) is 25.2 Å². The van der Waals surface area contributed by atoms with Crippen molar-refractivity contribution < 1.29 is 9.57 Å². The maximum absolute atomic E-state index is 5.81. The molecule has 120 valence electrons. The first-order valence-electron chi connectivity index (χ1n) is 7.93. The van der Waals surface area contributed by atoms with Gasteiger partial charge in [-0.1, -0.05) is 35.5 Å². The number of oxime groups is 1. The van der Waals surface area contributed by atoms with Crippen LogP contribution in [0.3, 0.4) is 0 Å². The van der Waals surface area contributed by atoms with Gasteiger partial charge in [0, 0.05) is 12.1 Å². The summed E-state index contributed by atoms with van der Waals surface area (Å²) in [5.41, 5.74) is 5.79. The van der Waals surface area contributed by atoms with Crippen LogP contribution in [0.15, 0.2) is 53.2 Å². The molecule has 0 bridgehead atoms. The molecule has 0 spiro atoms. The van der Waals surface area contributed by atoms with Gasteiger partial charge in [0.15, 0.2) is 0 Å². The van der Waals surface area contributed by atoms with E-state index < -0.39 is 0 Å². The zero-order chi connectivity index (χ0) is 16.1. The molecule has 1 aromatic rings. The Morgan fingerprint density at radius 1 is 1.26 bits per heavy atom. The second kappa shape index (κ2) is 7.29. The van der Waals surface area contributed by atoms with Crippen molar-refractivity contribution in [3.8, 4) is 5.75 Å². The van der Waals surface area contributed by atoms with Crippen LogP contribution in [0.2, 0.25) is 0 Å². The van der Waals surface area contributed by atoms with Crippen LogP contribution in [-0.2, 0) is 4.84 Å². The average molecular weight is 310 g/mol. The summed E-state index contributed by atoms with van der Waals surface area (Å²) in [5, 5.41) is 7.32. The maximum atomic E-state index is 5.81. The number of nitrogens with one attached hydrogen (secondary N) is 1. The summed E-state index contributed by atoms with van der Waals surface area (Å²) in [7, 11) is 3.52. The number of nitrogens with zero attached hydrogens (tertiary/aromatic N) is 1. The highest BCUT2D eigenvalue weighted by Gasteiger charge is 2.28. The van der Waals surface area contributed by atoms with E-state index in [0.717, 1.165) is 36.4 Å². The first-order chi connectivity index (χ1) is 11.3. The van der Waals surface area contributed by atoms with Crippen LogP contribution in [0.1, 0.15) is 24.0 Å². The normalized spacial score (nSPS) is 17.7. The van der Waals surface area contributed by atoms with Crippen molar-refractivity contribution in [2.24, 2.45) is 5.16 Å². The van der Waals surface area contributed by atoms with E-state index in [1.165, 1.54) is 16.7 Å². The lowest BCUT2D eigenvalue weighted by Crippen LogP contribution is -2.05. The third-order valence-corrected chi connectivity index (χ3v) is 4.01. The number of ether oxygens (including phenoxy) is 1. The predicted molar refractivity (Wildman–Crippen MR) is 93.8 cm³/mol. The molecular formula is C19H22N2O2. The molecule has 2 aliphatic rings. The second-order valence-electron chi connectivity index (χ2n) is 5.50. The van der Waals surface area contributed by atoms with Gasteiger partial charge in [-0.3, -0.25) is 0 Å². The fraction of sp³-hybridized carbons (Fsp3) is 0.316. The van der Waals surface area contributed by atoms with Gasteiger partial charge >= 0.3 is 0 Å². The summed E-state index contributed by atoms with van der Waals surface area (Å²) in [6.07, 6.45) is 10.5. The van der Waals surface area contributed by atoms with Crippen molar-refractivity contribution in [2.75, 3.05) is 27.3 Å². The molecule has 23 heavy (non-hydrogen) atoms. The number of allylic oxidation sites excluding steroid dienone is 4. The number of fused-ring (bicyclic) bond motifs is 2. The molecule has 0 radical (unpaired) electrons. The van der Waals surface area contributed by atoms with Gasteiger partial charge in [-0.05, 0) is 48.7 Å². The minimum atomic E-state index is 0.560. The molecule has 0 heterocycles. The van der Waals surface area contributed by atoms with Gasteiger partial charge in [0.2, 0.25) is 0 Å². The van der Waals surface area contributed by atoms with Crippen molar-refractivity contribution in [1.29, 1.82) is 0 Å². The highest BCUT2D eigenvalue weighted by Crippen LogP contribution is 2.40. The lowest BCUT2D eigenvalue weighted by Gasteiger charge is -2.08. The second-order valence-corrected chi connectivity index (χ2v) is 5.50. The van der Waals surface area contributed by atoms with Gasteiger partial charge in [0.05, 0.1) is 0 Å². The molecule has 4 heteroatoms. The number of likely N-dealkylation sites (N-methyl/N-ethyl adjacent to an activating group) is 1. The summed E-state index contributed by atoms with van der Waals surface area (Å²) in [4.78, 5) is 5.07. The molecule has 0 amide bonds. The third-order valence-electron chi connectivity index (χ3n) is 4.01. The topological polar surface area (TPSA) is 42.8 Å². The quantitative estimate of drug-likeness (QED) is 0.647. The summed E-state index contributed by atoms with van der Waals surface area (Å²) >= 11 is 0. The minimum Gasteiger partial charge on any atom is -0.490 e. The Hall–Kier alpha value is -2.33. The largest absolute Gasteiger partial charge is 0.490 e. The summed E-state index contributed by atoms with van der Waals surface area (Å²) < 4.78 is 5.81. The average Bonchev–Trinajstić information content (AvgIpc) is 2.89. The molecule has 0 aliphatic heterocycles. The lowest BCUT2D eigenvalue weighted by atomic mass is 9.97. The van der Waals surface area contributed by atoms with Gasteiger partial charge in [-0.15, -0.1) is 0 Å². The Kier molecular flexibility index (Phi) is 4.93. The van der Waals surface area contributed by atoms with E-state index in [4.69, 9.17) is 9.57 Å². The molecular weight excluding hydrogens is 288 g/mol. The van der Waals surface area contributed by atoms with Crippen LogP contribution in [0.5, 0.6) is 5.75 Å². The van der Waals surface area contributed by atoms with E-state index in [2.05, 4.69) is 40.8 Å². The Labute approximate surface area is 137 Å². The molecule has 0 aromatic heterocycles. The number of benzene rings is 1. The number of hydrogen-bond donors (Lipinski definition) is 1. The Morgan fingerprint density at radius 3 is 3.00 bits per heavy atom. The Morgan fingerprint density at radius 2 is 2.17 bits per heavy atom. The van der Waals surface area contributed by atoms with Gasteiger partial charge in [-0.25, -0.2) is 0 Å². The van der Waals surface area contributed by atoms with Crippen molar-refractivity contribution in [1.82, 2.24) is 5.32 Å². The highest BCUT2D eigenvalue weighted by atomic mass is 16.6. The molecule has 0 atom stereocenters. The fourth-order valence-corrected chi connectivity index (χ4v) is 2.98. The molecule has 2 aliphatic carbocycles. The SMILES string of the molecule is CNC/C=C/COc1ccc2c(c1)/C(=N/OC)C1=C2C=CCC1. The minimum absolute atomic E-state index is 0.560. The van der Waals surface area contributed by atoms with Gasteiger partial charge < -0.3 is 14.9 Å². The van der Waals surface area contributed by atoms with E-state index in [-0.39, 0.29) is 0 Å². The third kappa shape index (κ3) is 3.22. The number of rotatable bonds is 6. The number of hydrogen-bond acceptors (Lipinski definition) is 4. The molecule has 1 aromatic carbocycles. The van der Waals surface area contributed by atoms with Crippen molar-refractivity contribution in [3.63, 3.8) is 0 Å². The highest BCUT2D eigenvalue weighted by molar-refractivity contribution is 6.24.